The molecule has 1 aliphatic rings. The Morgan fingerprint density at radius 2 is 1.82 bits per heavy atom. The lowest BCUT2D eigenvalue weighted by Crippen LogP contribution is -2.39. The molecule has 1 atom stereocenters. The zero-order valence-electron chi connectivity index (χ0n) is 19.6. The number of carboxylic acid groups (broad SMARTS) is 1. The van der Waals surface area contributed by atoms with Gasteiger partial charge in [-0.3, -0.25) is 9.59 Å². The smallest absolute Gasteiger partial charge is 0.344 e. The molecule has 1 aliphatic carbocycles. The first-order valence-electron chi connectivity index (χ1n) is 11.5. The Hall–Kier alpha value is -3.55. The Labute approximate surface area is 196 Å². The van der Waals surface area contributed by atoms with E-state index in [2.05, 4.69) is 5.32 Å². The fourth-order valence-corrected chi connectivity index (χ4v) is 4.59. The lowest BCUT2D eigenvalue weighted by Gasteiger charge is -2.26. The van der Waals surface area contributed by atoms with Gasteiger partial charge in [0.05, 0.1) is 18.4 Å². The van der Waals surface area contributed by atoms with Crippen molar-refractivity contribution in [3.8, 4) is 11.5 Å². The number of carboxylic acids is 1. The molecule has 1 aromatic heterocycles. The SMILES string of the molecule is COc1ccc2c(c1)c(=O)oc1c(C)c(O[C@H](C)C(=O)NCC3CCC(C(=O)O)CC3)ccc12. The van der Waals surface area contributed by atoms with Crippen LogP contribution < -0.4 is 20.4 Å². The number of benzene rings is 2. The molecule has 0 bridgehead atoms. The molecule has 2 aromatic carbocycles. The first-order chi connectivity index (χ1) is 16.3. The molecule has 0 aliphatic heterocycles. The molecule has 1 fully saturated rings. The van der Waals surface area contributed by atoms with Gasteiger partial charge in [0.15, 0.2) is 6.10 Å². The molecule has 3 aromatic rings. The molecule has 180 valence electrons. The normalized spacial score (nSPS) is 19.0. The van der Waals surface area contributed by atoms with Crippen LogP contribution in [0.15, 0.2) is 39.5 Å². The van der Waals surface area contributed by atoms with Crippen molar-refractivity contribution in [3.05, 3.63) is 46.3 Å². The van der Waals surface area contributed by atoms with E-state index in [4.69, 9.17) is 19.0 Å². The predicted molar refractivity (Wildman–Crippen MR) is 127 cm³/mol. The second-order valence-corrected chi connectivity index (χ2v) is 8.93. The number of hydrogen-bond donors (Lipinski definition) is 2. The van der Waals surface area contributed by atoms with Crippen LogP contribution in [0.1, 0.15) is 38.2 Å². The van der Waals surface area contributed by atoms with Crippen molar-refractivity contribution in [1.29, 1.82) is 0 Å². The minimum atomic E-state index is -0.747. The minimum Gasteiger partial charge on any atom is -0.497 e. The summed E-state index contributed by atoms with van der Waals surface area (Å²) in [5, 5.41) is 14.0. The molecule has 0 unspecified atom stereocenters. The number of methoxy groups -OCH3 is 1. The number of nitrogens with one attached hydrogen (secondary N) is 1. The van der Waals surface area contributed by atoms with E-state index in [9.17, 15) is 14.4 Å². The molecule has 4 rings (SSSR count). The van der Waals surface area contributed by atoms with Gasteiger partial charge in [0.25, 0.3) is 5.91 Å². The molecule has 1 heterocycles. The summed E-state index contributed by atoms with van der Waals surface area (Å²) in [5.41, 5.74) is 0.590. The number of aliphatic carboxylic acids is 1. The van der Waals surface area contributed by atoms with Crippen LogP contribution in [-0.4, -0.2) is 36.7 Å². The molecule has 0 radical (unpaired) electrons. The van der Waals surface area contributed by atoms with E-state index in [1.165, 1.54) is 0 Å². The summed E-state index contributed by atoms with van der Waals surface area (Å²) < 4.78 is 16.7. The van der Waals surface area contributed by atoms with Gasteiger partial charge in [-0.1, -0.05) is 0 Å². The maximum atomic E-state index is 12.6. The fourth-order valence-electron chi connectivity index (χ4n) is 4.59. The third-order valence-electron chi connectivity index (χ3n) is 6.72. The van der Waals surface area contributed by atoms with E-state index < -0.39 is 17.7 Å². The highest BCUT2D eigenvalue weighted by molar-refractivity contribution is 6.06. The van der Waals surface area contributed by atoms with E-state index in [-0.39, 0.29) is 17.7 Å². The zero-order valence-corrected chi connectivity index (χ0v) is 19.6. The summed E-state index contributed by atoms with van der Waals surface area (Å²) in [4.78, 5) is 36.3. The number of fused-ring (bicyclic) bond motifs is 3. The quantitative estimate of drug-likeness (QED) is 0.398. The topological polar surface area (TPSA) is 115 Å². The van der Waals surface area contributed by atoms with Crippen molar-refractivity contribution in [3.63, 3.8) is 0 Å². The summed E-state index contributed by atoms with van der Waals surface area (Å²) in [6.07, 6.45) is 2.11. The molecule has 0 saturated heterocycles. The maximum Gasteiger partial charge on any atom is 0.344 e. The highest BCUT2D eigenvalue weighted by atomic mass is 16.5. The average molecular weight is 468 g/mol. The Morgan fingerprint density at radius 3 is 2.50 bits per heavy atom. The first-order valence-corrected chi connectivity index (χ1v) is 11.5. The third kappa shape index (κ3) is 4.71. The Kier molecular flexibility index (Phi) is 6.77. The highest BCUT2D eigenvalue weighted by Gasteiger charge is 2.27. The number of aryl methyl sites for hydroxylation is 1. The van der Waals surface area contributed by atoms with Crippen molar-refractivity contribution in [2.75, 3.05) is 13.7 Å². The van der Waals surface area contributed by atoms with Crippen molar-refractivity contribution in [1.82, 2.24) is 5.32 Å². The van der Waals surface area contributed by atoms with E-state index in [0.29, 0.717) is 47.4 Å². The van der Waals surface area contributed by atoms with E-state index in [0.717, 1.165) is 23.6 Å². The van der Waals surface area contributed by atoms with Crippen LogP contribution in [-0.2, 0) is 9.59 Å². The van der Waals surface area contributed by atoms with Gasteiger partial charge >= 0.3 is 11.6 Å². The molecule has 2 N–H and O–H groups in total. The number of carbonyl (C=O) groups is 2. The van der Waals surface area contributed by atoms with Gasteiger partial charge in [0.1, 0.15) is 17.1 Å². The third-order valence-corrected chi connectivity index (χ3v) is 6.72. The molecular formula is C26H29NO7. The number of rotatable bonds is 7. The van der Waals surface area contributed by atoms with Gasteiger partial charge in [-0.05, 0) is 75.8 Å². The minimum absolute atomic E-state index is 0.244. The lowest BCUT2D eigenvalue weighted by atomic mass is 9.82. The zero-order chi connectivity index (χ0) is 24.4. The predicted octanol–water partition coefficient (Wildman–Crippen LogP) is 4.04. The highest BCUT2D eigenvalue weighted by Crippen LogP contribution is 2.33. The number of ether oxygens (including phenoxy) is 2. The summed E-state index contributed by atoms with van der Waals surface area (Å²) in [6, 6.07) is 8.87. The fraction of sp³-hybridized carbons (Fsp3) is 0.423. The second kappa shape index (κ2) is 9.75. The maximum absolute atomic E-state index is 12.6. The van der Waals surface area contributed by atoms with Crippen molar-refractivity contribution >= 4 is 33.6 Å². The molecule has 1 saturated carbocycles. The summed E-state index contributed by atoms with van der Waals surface area (Å²) >= 11 is 0. The number of amides is 1. The molecule has 8 nitrogen and oxygen atoms in total. The van der Waals surface area contributed by atoms with Crippen molar-refractivity contribution in [2.24, 2.45) is 11.8 Å². The van der Waals surface area contributed by atoms with Gasteiger partial charge in [-0.2, -0.15) is 0 Å². The van der Waals surface area contributed by atoms with E-state index in [1.54, 1.807) is 39.2 Å². The largest absolute Gasteiger partial charge is 0.497 e. The van der Waals surface area contributed by atoms with Crippen molar-refractivity contribution < 1.29 is 28.6 Å². The van der Waals surface area contributed by atoms with Crippen LogP contribution in [0, 0.1) is 18.8 Å². The van der Waals surface area contributed by atoms with E-state index in [1.807, 2.05) is 12.1 Å². The van der Waals surface area contributed by atoms with Crippen LogP contribution in [0.4, 0.5) is 0 Å². The standard InChI is InChI=1S/C26H29NO7/c1-14-22(33-15(2)24(28)27-13-16-4-6-17(7-5-16)25(29)30)11-10-20-19-9-8-18(32-3)12-21(19)26(31)34-23(14)20/h8-12,15-17H,4-7,13H2,1-3H3,(H,27,28)(H,29,30)/t15-,16?,17?/m1/s1. The van der Waals surface area contributed by atoms with Gasteiger partial charge < -0.3 is 24.3 Å². The molecule has 1 amide bonds. The second-order valence-electron chi connectivity index (χ2n) is 8.93. The molecule has 8 heteroatoms. The van der Waals surface area contributed by atoms with Crippen LogP contribution in [0.3, 0.4) is 0 Å². The van der Waals surface area contributed by atoms with Gasteiger partial charge in [0, 0.05) is 22.9 Å². The number of hydrogen-bond acceptors (Lipinski definition) is 6. The molecular weight excluding hydrogens is 438 g/mol. The summed E-state index contributed by atoms with van der Waals surface area (Å²) in [6.45, 7) is 3.96. The average Bonchev–Trinajstić information content (AvgIpc) is 2.84. The summed E-state index contributed by atoms with van der Waals surface area (Å²) in [7, 11) is 1.54. The van der Waals surface area contributed by atoms with E-state index >= 15 is 0 Å². The van der Waals surface area contributed by atoms with Crippen LogP contribution in [0.5, 0.6) is 11.5 Å². The monoisotopic (exact) mass is 467 g/mol. The Morgan fingerprint density at radius 1 is 1.12 bits per heavy atom. The van der Waals surface area contributed by atoms with Crippen molar-refractivity contribution in [2.45, 2.75) is 45.6 Å². The van der Waals surface area contributed by atoms with Crippen LogP contribution in [0.2, 0.25) is 0 Å². The molecule has 0 spiro atoms. The lowest BCUT2D eigenvalue weighted by molar-refractivity contribution is -0.143. The Bertz CT molecular complexity index is 1290. The van der Waals surface area contributed by atoms with Crippen LogP contribution >= 0.6 is 0 Å². The molecule has 34 heavy (non-hydrogen) atoms. The van der Waals surface area contributed by atoms with Gasteiger partial charge in [-0.15, -0.1) is 0 Å². The van der Waals surface area contributed by atoms with Crippen LogP contribution in [0.25, 0.3) is 21.7 Å². The Balaban J connectivity index is 1.46. The summed E-state index contributed by atoms with van der Waals surface area (Å²) in [5.74, 6) is 0.0593. The van der Waals surface area contributed by atoms with Gasteiger partial charge in [-0.25, -0.2) is 4.79 Å². The van der Waals surface area contributed by atoms with Gasteiger partial charge in [0.2, 0.25) is 0 Å². The number of carbonyl (C=O) groups excluding carboxylic acids is 1. The first kappa shape index (κ1) is 23.6.